The smallest absolute Gasteiger partial charge is 0.108 e. The van der Waals surface area contributed by atoms with Crippen LogP contribution in [-0.4, -0.2) is 33.7 Å². The summed E-state index contributed by atoms with van der Waals surface area (Å²) >= 11 is 0. The lowest BCUT2D eigenvalue weighted by atomic mass is 10.0. The van der Waals surface area contributed by atoms with Crippen molar-refractivity contribution < 1.29 is 9.47 Å². The first kappa shape index (κ1) is 8.98. The van der Waals surface area contributed by atoms with Gasteiger partial charge in [0.05, 0.1) is 12.7 Å². The van der Waals surface area contributed by atoms with Crippen molar-refractivity contribution in [1.29, 1.82) is 0 Å². The number of ether oxygens (including phenoxy) is 2. The Labute approximate surface area is 57.9 Å². The molecule has 2 nitrogen and oxygen atoms in total. The number of methoxy groups -OCH3 is 1. The highest BCUT2D eigenvalue weighted by molar-refractivity contribution is 6.10. The molecule has 0 rings (SSSR count). The van der Waals surface area contributed by atoms with Crippen LogP contribution in [0.5, 0.6) is 0 Å². The predicted octanol–water partition coefficient (Wildman–Crippen LogP) is 0.552. The summed E-state index contributed by atoms with van der Waals surface area (Å²) in [6.07, 6.45) is 0.0926. The highest BCUT2D eigenvalue weighted by Gasteiger charge is 2.01. The molecule has 0 spiro atoms. The Kier molecular flexibility index (Phi) is 4.82. The van der Waals surface area contributed by atoms with Crippen LogP contribution in [0, 0.1) is 0 Å². The van der Waals surface area contributed by atoms with Gasteiger partial charge in [0.1, 0.15) is 7.85 Å². The van der Waals surface area contributed by atoms with Gasteiger partial charge in [-0.3, -0.25) is 0 Å². The maximum atomic E-state index is 5.35. The van der Waals surface area contributed by atoms with Crippen LogP contribution in [0.4, 0.5) is 0 Å². The van der Waals surface area contributed by atoms with Crippen LogP contribution in [-0.2, 0) is 9.47 Å². The van der Waals surface area contributed by atoms with E-state index in [4.69, 9.17) is 17.3 Å². The van der Waals surface area contributed by atoms with Gasteiger partial charge in [0.2, 0.25) is 0 Å². The molecule has 2 radical (unpaired) electrons. The number of hydrogen-bond donors (Lipinski definition) is 0. The molecule has 3 heteroatoms. The second-order valence-electron chi connectivity index (χ2n) is 2.11. The maximum Gasteiger partial charge on any atom is 0.108 e. The molecule has 2 unspecified atom stereocenters. The molecule has 52 valence electrons. The summed E-state index contributed by atoms with van der Waals surface area (Å²) in [5, 5.41) is 0. The van der Waals surface area contributed by atoms with Crippen LogP contribution in [0.3, 0.4) is 0 Å². The van der Waals surface area contributed by atoms with Gasteiger partial charge in [0.15, 0.2) is 0 Å². The van der Waals surface area contributed by atoms with Gasteiger partial charge in [-0.2, -0.15) is 0 Å². The zero-order valence-corrected chi connectivity index (χ0v) is 6.26. The molecule has 9 heavy (non-hydrogen) atoms. The standard InChI is InChI=1S/C6H13BO2/c1-5(4-8-3)9-6(2)7/h5-6H,4H2,1-3H3. The van der Waals surface area contributed by atoms with Gasteiger partial charge < -0.3 is 9.47 Å². The Morgan fingerprint density at radius 3 is 2.33 bits per heavy atom. The summed E-state index contributed by atoms with van der Waals surface area (Å²) in [6, 6.07) is -0.199. The molecule has 2 atom stereocenters. The summed E-state index contributed by atoms with van der Waals surface area (Å²) < 4.78 is 9.97. The molecule has 0 aliphatic carbocycles. The highest BCUT2D eigenvalue weighted by atomic mass is 16.5. The van der Waals surface area contributed by atoms with E-state index in [2.05, 4.69) is 0 Å². The van der Waals surface area contributed by atoms with E-state index in [1.807, 2.05) is 6.92 Å². The van der Waals surface area contributed by atoms with E-state index in [0.29, 0.717) is 6.61 Å². The Morgan fingerprint density at radius 2 is 2.00 bits per heavy atom. The van der Waals surface area contributed by atoms with Crippen LogP contribution in [0.2, 0.25) is 0 Å². The monoisotopic (exact) mass is 128 g/mol. The number of rotatable bonds is 4. The van der Waals surface area contributed by atoms with E-state index in [1.54, 1.807) is 14.0 Å². The molecule has 0 saturated carbocycles. The summed E-state index contributed by atoms with van der Waals surface area (Å²) in [5.41, 5.74) is 0. The van der Waals surface area contributed by atoms with E-state index in [0.717, 1.165) is 0 Å². The van der Waals surface area contributed by atoms with Gasteiger partial charge in [0.25, 0.3) is 0 Å². The van der Waals surface area contributed by atoms with Gasteiger partial charge in [0, 0.05) is 13.1 Å². The van der Waals surface area contributed by atoms with Crippen molar-refractivity contribution in [2.45, 2.75) is 26.0 Å². The van der Waals surface area contributed by atoms with Gasteiger partial charge in [-0.25, -0.2) is 0 Å². The van der Waals surface area contributed by atoms with Crippen LogP contribution in [0.1, 0.15) is 13.8 Å². The summed E-state index contributed by atoms with van der Waals surface area (Å²) in [5.74, 6) is 0. The molecule has 0 heterocycles. The minimum atomic E-state index is -0.199. The van der Waals surface area contributed by atoms with Crippen LogP contribution in [0.25, 0.3) is 0 Å². The first-order valence-corrected chi connectivity index (χ1v) is 3.06. The normalized spacial score (nSPS) is 17.2. The molecular weight excluding hydrogens is 115 g/mol. The first-order chi connectivity index (χ1) is 4.16. The van der Waals surface area contributed by atoms with Gasteiger partial charge in [-0.05, 0) is 13.8 Å². The van der Waals surface area contributed by atoms with E-state index < -0.39 is 0 Å². The third kappa shape index (κ3) is 5.86. The van der Waals surface area contributed by atoms with Crippen molar-refractivity contribution in [1.82, 2.24) is 0 Å². The van der Waals surface area contributed by atoms with Crippen molar-refractivity contribution >= 4 is 7.85 Å². The van der Waals surface area contributed by atoms with Crippen LogP contribution in [0.15, 0.2) is 0 Å². The molecule has 0 aliphatic rings. The Bertz CT molecular complexity index is 66.1. The molecule has 0 aromatic heterocycles. The largest absolute Gasteiger partial charge is 0.383 e. The molecule has 0 aliphatic heterocycles. The second kappa shape index (κ2) is 4.83. The molecule has 0 amide bonds. The fourth-order valence-corrected chi connectivity index (χ4v) is 0.640. The Hall–Kier alpha value is -0.0151. The lowest BCUT2D eigenvalue weighted by Crippen LogP contribution is -2.21. The van der Waals surface area contributed by atoms with E-state index in [9.17, 15) is 0 Å². The average molecular weight is 128 g/mol. The fraction of sp³-hybridized carbons (Fsp3) is 1.00. The zero-order chi connectivity index (χ0) is 7.28. The Morgan fingerprint density at radius 1 is 1.44 bits per heavy atom. The van der Waals surface area contributed by atoms with Crippen molar-refractivity contribution in [3.05, 3.63) is 0 Å². The van der Waals surface area contributed by atoms with E-state index >= 15 is 0 Å². The second-order valence-corrected chi connectivity index (χ2v) is 2.11. The molecule has 0 bridgehead atoms. The SMILES string of the molecule is [B]C(C)OC(C)COC. The summed E-state index contributed by atoms with van der Waals surface area (Å²) in [4.78, 5) is 0. The third-order valence-corrected chi connectivity index (χ3v) is 0.848. The average Bonchev–Trinajstić information content (AvgIpc) is 1.63. The minimum absolute atomic E-state index is 0.0926. The number of hydrogen-bond acceptors (Lipinski definition) is 2. The topological polar surface area (TPSA) is 18.5 Å². The summed E-state index contributed by atoms with van der Waals surface area (Å²) in [6.45, 7) is 4.32. The lowest BCUT2D eigenvalue weighted by Gasteiger charge is -2.14. The summed E-state index contributed by atoms with van der Waals surface area (Å²) in [7, 11) is 6.99. The van der Waals surface area contributed by atoms with Crippen molar-refractivity contribution in [2.24, 2.45) is 0 Å². The fourth-order valence-electron chi connectivity index (χ4n) is 0.640. The van der Waals surface area contributed by atoms with Crippen LogP contribution < -0.4 is 0 Å². The molecule has 0 saturated heterocycles. The Balaban J connectivity index is 3.15. The van der Waals surface area contributed by atoms with E-state index in [1.165, 1.54) is 0 Å². The predicted molar refractivity (Wildman–Crippen MR) is 37.6 cm³/mol. The molecule has 0 aromatic rings. The highest BCUT2D eigenvalue weighted by Crippen LogP contribution is 1.93. The first-order valence-electron chi connectivity index (χ1n) is 3.06. The quantitative estimate of drug-likeness (QED) is 0.514. The third-order valence-electron chi connectivity index (χ3n) is 0.848. The van der Waals surface area contributed by atoms with Crippen LogP contribution >= 0.6 is 0 Å². The van der Waals surface area contributed by atoms with Gasteiger partial charge in [-0.15, -0.1) is 0 Å². The molecule has 0 aromatic carbocycles. The van der Waals surface area contributed by atoms with Crippen molar-refractivity contribution in [3.63, 3.8) is 0 Å². The molecular formula is C6H13BO2. The minimum Gasteiger partial charge on any atom is -0.383 e. The molecule has 0 N–H and O–H groups in total. The van der Waals surface area contributed by atoms with E-state index in [-0.39, 0.29) is 12.1 Å². The van der Waals surface area contributed by atoms with Gasteiger partial charge >= 0.3 is 0 Å². The van der Waals surface area contributed by atoms with Crippen molar-refractivity contribution in [2.75, 3.05) is 13.7 Å². The lowest BCUT2D eigenvalue weighted by molar-refractivity contribution is -0.000568. The molecule has 0 fully saturated rings. The zero-order valence-electron chi connectivity index (χ0n) is 6.26. The van der Waals surface area contributed by atoms with Crippen molar-refractivity contribution in [3.8, 4) is 0 Å². The van der Waals surface area contributed by atoms with Gasteiger partial charge in [-0.1, -0.05) is 0 Å². The maximum absolute atomic E-state index is 5.35.